The van der Waals surface area contributed by atoms with Crippen LogP contribution in [0.3, 0.4) is 0 Å². The molecule has 3 nitrogen and oxygen atoms in total. The Hall–Kier alpha value is -1.20. The van der Waals surface area contributed by atoms with Crippen molar-refractivity contribution in [3.05, 3.63) is 29.8 Å². The van der Waals surface area contributed by atoms with Crippen LogP contribution in [0.15, 0.2) is 24.3 Å². The summed E-state index contributed by atoms with van der Waals surface area (Å²) in [7, 11) is 0. The van der Waals surface area contributed by atoms with Crippen LogP contribution < -0.4 is 10.1 Å². The fraction of sp³-hybridized carbons (Fsp3) is 0.625. The van der Waals surface area contributed by atoms with Gasteiger partial charge < -0.3 is 10.1 Å². The number of piperidine rings is 1. The molecule has 1 aliphatic rings. The summed E-state index contributed by atoms with van der Waals surface area (Å²) in [6.45, 7) is 2.87. The average Bonchev–Trinajstić information content (AvgIpc) is 2.49. The van der Waals surface area contributed by atoms with Crippen molar-refractivity contribution in [3.63, 3.8) is 0 Å². The van der Waals surface area contributed by atoms with Gasteiger partial charge >= 0.3 is 6.61 Å². The first-order valence-electron chi connectivity index (χ1n) is 7.67. The smallest absolute Gasteiger partial charge is 0.387 e. The zero-order chi connectivity index (χ0) is 15.1. The van der Waals surface area contributed by atoms with Crippen LogP contribution in [0, 0.1) is 0 Å². The highest BCUT2D eigenvalue weighted by Crippen LogP contribution is 2.22. The molecule has 1 aromatic rings. The van der Waals surface area contributed by atoms with Crippen LogP contribution in [-0.4, -0.2) is 37.2 Å². The molecule has 1 aliphatic heterocycles. The predicted molar refractivity (Wildman–Crippen MR) is 79.7 cm³/mol. The Balaban J connectivity index is 1.97. The molecule has 118 valence electrons. The molecule has 1 saturated heterocycles. The number of alkyl halides is 2. The number of benzene rings is 1. The molecule has 0 bridgehead atoms. The second kappa shape index (κ2) is 8.29. The molecule has 5 heteroatoms. The Kier molecular flexibility index (Phi) is 6.39. The minimum absolute atomic E-state index is 0.280. The number of likely N-dealkylation sites (N-methyl/N-ethyl adjacent to an activating group) is 1. The van der Waals surface area contributed by atoms with Gasteiger partial charge in [-0.3, -0.25) is 4.90 Å². The maximum atomic E-state index is 12.4. The fourth-order valence-corrected chi connectivity index (χ4v) is 2.78. The van der Waals surface area contributed by atoms with Crippen LogP contribution in [-0.2, 0) is 6.54 Å². The number of para-hydroxylation sites is 1. The van der Waals surface area contributed by atoms with E-state index in [1.807, 2.05) is 12.1 Å². The topological polar surface area (TPSA) is 24.5 Å². The van der Waals surface area contributed by atoms with Gasteiger partial charge in [0.1, 0.15) is 5.75 Å². The SMILES string of the molecule is CCN(Cc1ccccc1OC(F)F)CC1CCCCN1. The van der Waals surface area contributed by atoms with E-state index in [0.717, 1.165) is 25.2 Å². The lowest BCUT2D eigenvalue weighted by Crippen LogP contribution is -2.43. The number of hydrogen-bond acceptors (Lipinski definition) is 3. The lowest BCUT2D eigenvalue weighted by atomic mass is 10.0. The van der Waals surface area contributed by atoms with E-state index in [1.165, 1.54) is 19.3 Å². The first kappa shape index (κ1) is 16.2. The molecule has 1 N–H and O–H groups in total. The van der Waals surface area contributed by atoms with Crippen molar-refractivity contribution >= 4 is 0 Å². The molecule has 1 fully saturated rings. The summed E-state index contributed by atoms with van der Waals surface area (Å²) in [6.07, 6.45) is 3.69. The molecule has 2 rings (SSSR count). The highest BCUT2D eigenvalue weighted by atomic mass is 19.3. The first-order chi connectivity index (χ1) is 10.2. The van der Waals surface area contributed by atoms with Gasteiger partial charge in [0.15, 0.2) is 0 Å². The third-order valence-corrected chi connectivity index (χ3v) is 3.92. The van der Waals surface area contributed by atoms with Crippen LogP contribution >= 0.6 is 0 Å². The zero-order valence-electron chi connectivity index (χ0n) is 12.5. The molecular formula is C16H24F2N2O. The van der Waals surface area contributed by atoms with E-state index in [2.05, 4.69) is 21.9 Å². The number of hydrogen-bond donors (Lipinski definition) is 1. The molecular weight excluding hydrogens is 274 g/mol. The maximum Gasteiger partial charge on any atom is 0.387 e. The van der Waals surface area contributed by atoms with Crippen molar-refractivity contribution < 1.29 is 13.5 Å². The van der Waals surface area contributed by atoms with Gasteiger partial charge in [-0.15, -0.1) is 0 Å². The summed E-state index contributed by atoms with van der Waals surface area (Å²) in [5, 5.41) is 3.52. The largest absolute Gasteiger partial charge is 0.434 e. The highest BCUT2D eigenvalue weighted by molar-refractivity contribution is 5.33. The molecule has 0 aromatic heterocycles. The number of nitrogens with one attached hydrogen (secondary N) is 1. The average molecular weight is 298 g/mol. The van der Waals surface area contributed by atoms with Gasteiger partial charge in [0, 0.05) is 24.7 Å². The Labute approximate surface area is 125 Å². The molecule has 1 unspecified atom stereocenters. The minimum atomic E-state index is -2.78. The van der Waals surface area contributed by atoms with E-state index < -0.39 is 6.61 Å². The van der Waals surface area contributed by atoms with Gasteiger partial charge in [-0.1, -0.05) is 31.5 Å². The quantitative estimate of drug-likeness (QED) is 0.836. The van der Waals surface area contributed by atoms with Crippen molar-refractivity contribution in [2.75, 3.05) is 19.6 Å². The molecule has 0 amide bonds. The number of rotatable bonds is 7. The highest BCUT2D eigenvalue weighted by Gasteiger charge is 2.17. The number of nitrogens with zero attached hydrogens (tertiary/aromatic N) is 1. The fourth-order valence-electron chi connectivity index (χ4n) is 2.78. The normalized spacial score (nSPS) is 19.2. The second-order valence-corrected chi connectivity index (χ2v) is 5.46. The van der Waals surface area contributed by atoms with Crippen LogP contribution in [0.25, 0.3) is 0 Å². The van der Waals surface area contributed by atoms with E-state index in [9.17, 15) is 8.78 Å². The van der Waals surface area contributed by atoms with Gasteiger partial charge in [-0.2, -0.15) is 8.78 Å². The Morgan fingerprint density at radius 1 is 1.33 bits per heavy atom. The van der Waals surface area contributed by atoms with Crippen molar-refractivity contribution in [1.82, 2.24) is 10.2 Å². The Morgan fingerprint density at radius 3 is 2.81 bits per heavy atom. The van der Waals surface area contributed by atoms with Crippen LogP contribution in [0.1, 0.15) is 31.7 Å². The van der Waals surface area contributed by atoms with Crippen molar-refractivity contribution in [2.24, 2.45) is 0 Å². The van der Waals surface area contributed by atoms with Gasteiger partial charge in [0.25, 0.3) is 0 Å². The summed E-state index contributed by atoms with van der Waals surface area (Å²) in [6, 6.07) is 7.55. The van der Waals surface area contributed by atoms with Crippen LogP contribution in [0.5, 0.6) is 5.75 Å². The molecule has 0 aliphatic carbocycles. The molecule has 1 aromatic carbocycles. The van der Waals surface area contributed by atoms with E-state index in [4.69, 9.17) is 0 Å². The van der Waals surface area contributed by atoms with Gasteiger partial charge in [-0.05, 0) is 32.0 Å². The van der Waals surface area contributed by atoms with E-state index in [-0.39, 0.29) is 5.75 Å². The van der Waals surface area contributed by atoms with E-state index in [0.29, 0.717) is 12.6 Å². The lowest BCUT2D eigenvalue weighted by Gasteiger charge is -2.30. The van der Waals surface area contributed by atoms with E-state index in [1.54, 1.807) is 12.1 Å². The molecule has 0 saturated carbocycles. The summed E-state index contributed by atoms with van der Waals surface area (Å²) in [5.74, 6) is 0.280. The van der Waals surface area contributed by atoms with Gasteiger partial charge in [-0.25, -0.2) is 0 Å². The Bertz CT molecular complexity index is 422. The second-order valence-electron chi connectivity index (χ2n) is 5.46. The zero-order valence-corrected chi connectivity index (χ0v) is 12.5. The van der Waals surface area contributed by atoms with Crippen molar-refractivity contribution in [2.45, 2.75) is 45.4 Å². The number of ether oxygens (including phenoxy) is 1. The summed E-state index contributed by atoms with van der Waals surface area (Å²) in [4.78, 5) is 2.27. The predicted octanol–water partition coefficient (Wildman–Crippen LogP) is 3.25. The molecule has 21 heavy (non-hydrogen) atoms. The maximum absolute atomic E-state index is 12.4. The molecule has 1 atom stereocenters. The van der Waals surface area contributed by atoms with Gasteiger partial charge in [0.05, 0.1) is 0 Å². The molecule has 1 heterocycles. The standard InChI is InChI=1S/C16H24F2N2O/c1-2-20(12-14-8-5-6-10-19-14)11-13-7-3-4-9-15(13)21-16(17)18/h3-4,7,9,14,16,19H,2,5-6,8,10-12H2,1H3. The van der Waals surface area contributed by atoms with Crippen molar-refractivity contribution in [3.8, 4) is 5.75 Å². The summed E-state index contributed by atoms with van der Waals surface area (Å²) in [5.41, 5.74) is 0.815. The van der Waals surface area contributed by atoms with Crippen LogP contribution in [0.4, 0.5) is 8.78 Å². The summed E-state index contributed by atoms with van der Waals surface area (Å²) >= 11 is 0. The summed E-state index contributed by atoms with van der Waals surface area (Å²) < 4.78 is 29.5. The molecule has 0 spiro atoms. The molecule has 0 radical (unpaired) electrons. The number of halogens is 2. The lowest BCUT2D eigenvalue weighted by molar-refractivity contribution is -0.0507. The van der Waals surface area contributed by atoms with E-state index >= 15 is 0 Å². The first-order valence-corrected chi connectivity index (χ1v) is 7.67. The third kappa shape index (κ3) is 5.25. The minimum Gasteiger partial charge on any atom is -0.434 e. The third-order valence-electron chi connectivity index (χ3n) is 3.92. The monoisotopic (exact) mass is 298 g/mol. The van der Waals surface area contributed by atoms with Crippen molar-refractivity contribution in [1.29, 1.82) is 0 Å². The van der Waals surface area contributed by atoms with Gasteiger partial charge in [0.2, 0.25) is 0 Å². The Morgan fingerprint density at radius 2 is 2.14 bits per heavy atom. The van der Waals surface area contributed by atoms with Crippen LogP contribution in [0.2, 0.25) is 0 Å².